The van der Waals surface area contributed by atoms with E-state index in [9.17, 15) is 4.79 Å². The first-order chi connectivity index (χ1) is 11.4. The lowest BCUT2D eigenvalue weighted by molar-refractivity contribution is -0.147. The van der Waals surface area contributed by atoms with E-state index < -0.39 is 0 Å². The molecular formula is C19H18Cl2O2S. The molecule has 3 rings (SSSR count). The van der Waals surface area contributed by atoms with E-state index in [0.717, 1.165) is 11.1 Å². The molecule has 0 spiro atoms. The Morgan fingerprint density at radius 1 is 1.29 bits per heavy atom. The van der Waals surface area contributed by atoms with Crippen molar-refractivity contribution in [2.24, 2.45) is 17.3 Å². The van der Waals surface area contributed by atoms with Gasteiger partial charge in [0.05, 0.1) is 5.92 Å². The molecular weight excluding hydrogens is 363 g/mol. The van der Waals surface area contributed by atoms with Crippen LogP contribution in [0.25, 0.3) is 11.1 Å². The molecule has 0 amide bonds. The first-order valence-corrected chi connectivity index (χ1v) is 9.40. The third-order valence-corrected chi connectivity index (χ3v) is 5.57. The zero-order valence-electron chi connectivity index (χ0n) is 13.5. The van der Waals surface area contributed by atoms with Gasteiger partial charge in [0.25, 0.3) is 0 Å². The second-order valence-corrected chi connectivity index (χ2v) is 8.39. The van der Waals surface area contributed by atoms with Gasteiger partial charge < -0.3 is 4.74 Å². The largest absolute Gasteiger partial charge is 0.461 e. The van der Waals surface area contributed by atoms with Gasteiger partial charge in [-0.3, -0.25) is 4.79 Å². The summed E-state index contributed by atoms with van der Waals surface area (Å²) in [5.74, 6) is -0.353. The summed E-state index contributed by atoms with van der Waals surface area (Å²) >= 11 is 13.1. The van der Waals surface area contributed by atoms with E-state index >= 15 is 0 Å². The number of rotatable bonds is 5. The molecule has 1 fully saturated rings. The first-order valence-electron chi connectivity index (χ1n) is 7.70. The molecule has 1 aromatic carbocycles. The maximum absolute atomic E-state index is 12.4. The molecule has 1 aliphatic rings. The van der Waals surface area contributed by atoms with E-state index in [4.69, 9.17) is 27.9 Å². The zero-order valence-corrected chi connectivity index (χ0v) is 15.8. The Morgan fingerprint density at radius 3 is 2.75 bits per heavy atom. The number of hydrogen-bond donors (Lipinski definition) is 0. The van der Waals surface area contributed by atoms with Crippen LogP contribution in [0.15, 0.2) is 51.7 Å². The second-order valence-electron chi connectivity index (χ2n) is 6.60. The average molecular weight is 381 g/mol. The SMILES string of the molecule is CC1(C)[C@H](C=C(Cl)Cl)[C@@H]1C(=O)OCc1cccc(-c2ccsc2)c1. The minimum absolute atomic E-state index is 0.0344. The van der Waals surface area contributed by atoms with Crippen molar-refractivity contribution >= 4 is 40.5 Å². The molecule has 126 valence electrons. The second kappa shape index (κ2) is 6.91. The van der Waals surface area contributed by atoms with Gasteiger partial charge >= 0.3 is 5.97 Å². The maximum Gasteiger partial charge on any atom is 0.310 e. The highest BCUT2D eigenvalue weighted by molar-refractivity contribution is 7.08. The molecule has 0 unspecified atom stereocenters. The van der Waals surface area contributed by atoms with Crippen LogP contribution in [-0.2, 0) is 16.1 Å². The van der Waals surface area contributed by atoms with Crippen LogP contribution in [0.1, 0.15) is 19.4 Å². The van der Waals surface area contributed by atoms with Gasteiger partial charge in [-0.15, -0.1) is 0 Å². The lowest BCUT2D eigenvalue weighted by atomic mass is 10.1. The highest BCUT2D eigenvalue weighted by Gasteiger charge is 2.61. The van der Waals surface area contributed by atoms with E-state index in [1.54, 1.807) is 17.4 Å². The lowest BCUT2D eigenvalue weighted by Gasteiger charge is -2.07. The minimum atomic E-state index is -0.197. The predicted molar refractivity (Wildman–Crippen MR) is 100 cm³/mol. The number of esters is 1. The molecule has 2 nitrogen and oxygen atoms in total. The summed E-state index contributed by atoms with van der Waals surface area (Å²) in [5.41, 5.74) is 3.13. The fraction of sp³-hybridized carbons (Fsp3) is 0.316. The first kappa shape index (κ1) is 17.5. The van der Waals surface area contributed by atoms with Crippen molar-refractivity contribution in [1.82, 2.24) is 0 Å². The Bertz CT molecular complexity index is 761. The van der Waals surface area contributed by atoms with Crippen LogP contribution in [0.3, 0.4) is 0 Å². The number of ether oxygens (including phenoxy) is 1. The molecule has 2 aromatic rings. The van der Waals surface area contributed by atoms with Crippen LogP contribution in [0.2, 0.25) is 0 Å². The lowest BCUT2D eigenvalue weighted by Crippen LogP contribution is -2.10. The van der Waals surface area contributed by atoms with Gasteiger partial charge in [0.15, 0.2) is 0 Å². The number of carbonyl (C=O) groups excluding carboxylic acids is 1. The standard InChI is InChI=1S/C19H18Cl2O2S/c1-19(2)15(9-16(20)21)17(19)18(22)23-10-12-4-3-5-13(8-12)14-6-7-24-11-14/h3-9,11,15,17H,10H2,1-2H3/t15-,17-/m1/s1. The summed E-state index contributed by atoms with van der Waals surface area (Å²) in [6.45, 7) is 4.32. The van der Waals surface area contributed by atoms with Crippen LogP contribution in [-0.4, -0.2) is 5.97 Å². The quantitative estimate of drug-likeness (QED) is 0.590. The molecule has 5 heteroatoms. The minimum Gasteiger partial charge on any atom is -0.461 e. The van der Waals surface area contributed by atoms with Crippen LogP contribution >= 0.6 is 34.5 Å². The number of thiophene rings is 1. The van der Waals surface area contributed by atoms with Crippen LogP contribution < -0.4 is 0 Å². The van der Waals surface area contributed by atoms with E-state index in [1.807, 2.05) is 31.4 Å². The van der Waals surface area contributed by atoms with Gasteiger partial charge in [-0.1, -0.05) is 55.2 Å². The Kier molecular flexibility index (Phi) is 5.05. The molecule has 0 radical (unpaired) electrons. The summed E-state index contributed by atoms with van der Waals surface area (Å²) in [6.07, 6.45) is 1.73. The molecule has 0 aliphatic heterocycles. The number of hydrogen-bond acceptors (Lipinski definition) is 3. The number of carbonyl (C=O) groups is 1. The van der Waals surface area contributed by atoms with Gasteiger partial charge in [0, 0.05) is 0 Å². The molecule has 1 saturated carbocycles. The molecule has 0 saturated heterocycles. The van der Waals surface area contributed by atoms with E-state index in [-0.39, 0.29) is 34.3 Å². The van der Waals surface area contributed by atoms with Gasteiger partial charge in [-0.05, 0) is 57.0 Å². The van der Waals surface area contributed by atoms with Crippen LogP contribution in [0.5, 0.6) is 0 Å². The topological polar surface area (TPSA) is 26.3 Å². The Morgan fingerprint density at radius 2 is 2.08 bits per heavy atom. The normalized spacial score (nSPS) is 21.2. The fourth-order valence-corrected chi connectivity index (χ4v) is 4.02. The van der Waals surface area contributed by atoms with Crippen molar-refractivity contribution in [2.45, 2.75) is 20.5 Å². The fourth-order valence-electron chi connectivity index (χ4n) is 3.09. The monoisotopic (exact) mass is 380 g/mol. The summed E-state index contributed by atoms with van der Waals surface area (Å²) in [4.78, 5) is 12.4. The molecule has 1 aromatic heterocycles. The van der Waals surface area contributed by atoms with Gasteiger partial charge in [0.1, 0.15) is 11.1 Å². The smallest absolute Gasteiger partial charge is 0.310 e. The van der Waals surface area contributed by atoms with Gasteiger partial charge in [-0.2, -0.15) is 11.3 Å². The van der Waals surface area contributed by atoms with E-state index in [0.29, 0.717) is 0 Å². The molecule has 1 aliphatic carbocycles. The molecule has 0 bridgehead atoms. The Labute approximate surface area is 156 Å². The molecule has 24 heavy (non-hydrogen) atoms. The van der Waals surface area contributed by atoms with Gasteiger partial charge in [0.2, 0.25) is 0 Å². The summed E-state index contributed by atoms with van der Waals surface area (Å²) in [6, 6.07) is 10.1. The van der Waals surface area contributed by atoms with Crippen molar-refractivity contribution in [3.8, 4) is 11.1 Å². The third kappa shape index (κ3) is 3.69. The number of halogens is 2. The molecule has 0 N–H and O–H groups in total. The number of allylic oxidation sites excluding steroid dienone is 1. The van der Waals surface area contributed by atoms with Crippen molar-refractivity contribution in [2.75, 3.05) is 0 Å². The summed E-state index contributed by atoms with van der Waals surface area (Å²) in [5, 5.41) is 4.15. The van der Waals surface area contributed by atoms with Crippen molar-refractivity contribution in [1.29, 1.82) is 0 Å². The summed E-state index contributed by atoms with van der Waals surface area (Å²) in [7, 11) is 0. The number of benzene rings is 1. The van der Waals surface area contributed by atoms with Crippen molar-refractivity contribution in [3.05, 3.63) is 57.2 Å². The Balaban J connectivity index is 1.63. The Hall–Kier alpha value is -1.29. The zero-order chi connectivity index (χ0) is 17.3. The van der Waals surface area contributed by atoms with Crippen molar-refractivity contribution < 1.29 is 9.53 Å². The average Bonchev–Trinajstić information content (AvgIpc) is 2.94. The van der Waals surface area contributed by atoms with Crippen molar-refractivity contribution in [3.63, 3.8) is 0 Å². The maximum atomic E-state index is 12.4. The van der Waals surface area contributed by atoms with E-state index in [1.165, 1.54) is 5.56 Å². The highest BCUT2D eigenvalue weighted by Crippen LogP contribution is 2.60. The van der Waals surface area contributed by atoms with Crippen LogP contribution in [0.4, 0.5) is 0 Å². The summed E-state index contributed by atoms with van der Waals surface area (Å²) < 4.78 is 5.72. The molecule has 2 atom stereocenters. The predicted octanol–water partition coefficient (Wildman–Crippen LogP) is 6.05. The highest BCUT2D eigenvalue weighted by atomic mass is 35.5. The van der Waals surface area contributed by atoms with E-state index in [2.05, 4.69) is 23.6 Å². The molecule has 1 heterocycles. The van der Waals surface area contributed by atoms with Gasteiger partial charge in [-0.25, -0.2) is 0 Å². The van der Waals surface area contributed by atoms with Crippen LogP contribution in [0, 0.1) is 17.3 Å². The third-order valence-electron chi connectivity index (χ3n) is 4.63.